The van der Waals surface area contributed by atoms with Crippen LogP contribution in [0, 0.1) is 0 Å². The van der Waals surface area contributed by atoms with Gasteiger partial charge in [0.1, 0.15) is 0 Å². The molecule has 2 heteroatoms. The highest BCUT2D eigenvalue weighted by Gasteiger charge is 2.16. The molecule has 10 rings (SSSR count). The van der Waals surface area contributed by atoms with Gasteiger partial charge < -0.3 is 0 Å². The average Bonchev–Trinajstić information content (AvgIpc) is 3.27. The summed E-state index contributed by atoms with van der Waals surface area (Å²) in [5.41, 5.74) is 11.8. The minimum Gasteiger partial charge on any atom is -0.228 e. The maximum absolute atomic E-state index is 5.22. The normalized spacial score (nSPS) is 11.3. The molecule has 0 saturated heterocycles. The lowest BCUT2D eigenvalue weighted by molar-refractivity contribution is 1.18. The van der Waals surface area contributed by atoms with Crippen LogP contribution in [0.5, 0.6) is 0 Å². The Hall–Kier alpha value is -7.16. The molecule has 0 unspecified atom stereocenters. The zero-order chi connectivity index (χ0) is 35.8. The van der Waals surface area contributed by atoms with E-state index in [1.807, 2.05) is 18.2 Å². The summed E-state index contributed by atoms with van der Waals surface area (Å²) in [4.78, 5) is 10.4. The molecular weight excluding hydrogens is 653 g/mol. The van der Waals surface area contributed by atoms with Gasteiger partial charge in [-0.3, -0.25) is 0 Å². The fraction of sp³-hybridized carbons (Fsp3) is 0. The monoisotopic (exact) mass is 686 g/mol. The Balaban J connectivity index is 1.10. The Morgan fingerprint density at radius 2 is 0.667 bits per heavy atom. The second-order valence-electron chi connectivity index (χ2n) is 13.8. The molecule has 1 aromatic heterocycles. The number of hydrogen-bond acceptors (Lipinski definition) is 2. The van der Waals surface area contributed by atoms with E-state index in [0.29, 0.717) is 5.82 Å². The van der Waals surface area contributed by atoms with Crippen LogP contribution in [0.3, 0.4) is 0 Å². The molecule has 0 saturated carbocycles. The minimum absolute atomic E-state index is 0.702. The van der Waals surface area contributed by atoms with Gasteiger partial charge in [0, 0.05) is 16.7 Å². The number of nitrogens with zero attached hydrogens (tertiary/aromatic N) is 2. The zero-order valence-electron chi connectivity index (χ0n) is 29.5. The summed E-state index contributed by atoms with van der Waals surface area (Å²) in [6.07, 6.45) is 0. The summed E-state index contributed by atoms with van der Waals surface area (Å²) >= 11 is 0. The predicted molar refractivity (Wildman–Crippen MR) is 227 cm³/mol. The lowest BCUT2D eigenvalue weighted by Crippen LogP contribution is -1.97. The van der Waals surface area contributed by atoms with Crippen LogP contribution in [0.25, 0.3) is 99.6 Å². The quantitative estimate of drug-likeness (QED) is 0.163. The molecule has 9 aromatic carbocycles. The number of hydrogen-bond donors (Lipinski definition) is 0. The maximum atomic E-state index is 5.22. The van der Waals surface area contributed by atoms with E-state index >= 15 is 0 Å². The summed E-state index contributed by atoms with van der Waals surface area (Å²) < 4.78 is 0. The summed E-state index contributed by atoms with van der Waals surface area (Å²) in [6.45, 7) is 0. The number of benzene rings is 9. The van der Waals surface area contributed by atoms with Crippen LogP contribution < -0.4 is 0 Å². The number of fused-ring (bicyclic) bond motifs is 6. The Kier molecular flexibility index (Phi) is 7.85. The Bertz CT molecular complexity index is 2950. The molecule has 54 heavy (non-hydrogen) atoms. The Morgan fingerprint density at radius 3 is 1.35 bits per heavy atom. The van der Waals surface area contributed by atoms with E-state index in [1.54, 1.807) is 0 Å². The van der Waals surface area contributed by atoms with Gasteiger partial charge in [0.2, 0.25) is 0 Å². The zero-order valence-corrected chi connectivity index (χ0v) is 29.5. The Labute approximate surface area is 314 Å². The highest BCUT2D eigenvalue weighted by atomic mass is 14.9. The van der Waals surface area contributed by atoms with Gasteiger partial charge in [0.15, 0.2) is 5.82 Å². The van der Waals surface area contributed by atoms with Gasteiger partial charge in [-0.25, -0.2) is 9.97 Å². The summed E-state index contributed by atoms with van der Waals surface area (Å²) in [7, 11) is 0. The van der Waals surface area contributed by atoms with Gasteiger partial charge in [0.05, 0.1) is 11.4 Å². The fourth-order valence-corrected chi connectivity index (χ4v) is 7.85. The van der Waals surface area contributed by atoms with Gasteiger partial charge in [0.25, 0.3) is 0 Å². The smallest absolute Gasteiger partial charge is 0.160 e. The van der Waals surface area contributed by atoms with E-state index in [0.717, 1.165) is 44.8 Å². The van der Waals surface area contributed by atoms with Crippen LogP contribution >= 0.6 is 0 Å². The second kappa shape index (κ2) is 13.4. The van der Waals surface area contributed by atoms with Crippen LogP contribution in [-0.2, 0) is 0 Å². The van der Waals surface area contributed by atoms with Crippen molar-refractivity contribution in [3.8, 4) is 67.3 Å². The first-order chi connectivity index (χ1) is 26.8. The van der Waals surface area contributed by atoms with Crippen molar-refractivity contribution in [3.63, 3.8) is 0 Å². The molecule has 0 amide bonds. The SMILES string of the molecule is c1ccc(-c2cccc(-c3cc(-c4ccccc4-c4cccc(-c5ccc6c7ccccc7c7ccccc7c6c5)c4)nc(-c4ccccc4)n3)c2)cc1. The standard InChI is InChI=1S/C52H34N2/c1-3-15-35(16-4-1)37-19-14-22-41(32-37)50-34-51(54-52(53-50)36-17-5-2-6-18-36)48-28-12-7-23-42(48)40-21-13-20-38(31-40)39-29-30-47-45-26-9-8-24-43(45)44-25-10-11-27-46(44)49(47)33-39/h1-34H. The summed E-state index contributed by atoms with van der Waals surface area (Å²) in [5, 5.41) is 7.68. The number of aromatic nitrogens is 2. The third-order valence-electron chi connectivity index (χ3n) is 10.5. The first-order valence-electron chi connectivity index (χ1n) is 18.4. The molecule has 0 radical (unpaired) electrons. The molecular formula is C52H34N2. The molecule has 0 aliphatic carbocycles. The molecule has 0 spiro atoms. The number of rotatable bonds is 6. The van der Waals surface area contributed by atoms with Crippen molar-refractivity contribution < 1.29 is 0 Å². The van der Waals surface area contributed by atoms with Crippen LogP contribution in [0.4, 0.5) is 0 Å². The summed E-state index contributed by atoms with van der Waals surface area (Å²) in [5.74, 6) is 0.702. The molecule has 10 aromatic rings. The van der Waals surface area contributed by atoms with E-state index in [2.05, 4.69) is 188 Å². The van der Waals surface area contributed by atoms with E-state index in [-0.39, 0.29) is 0 Å². The fourth-order valence-electron chi connectivity index (χ4n) is 7.85. The van der Waals surface area contributed by atoms with E-state index in [9.17, 15) is 0 Å². The predicted octanol–water partition coefficient (Wildman–Crippen LogP) is 13.9. The van der Waals surface area contributed by atoms with E-state index in [1.165, 1.54) is 49.0 Å². The molecule has 0 aliphatic heterocycles. The van der Waals surface area contributed by atoms with Crippen molar-refractivity contribution >= 4 is 32.3 Å². The lowest BCUT2D eigenvalue weighted by Gasteiger charge is -2.15. The van der Waals surface area contributed by atoms with Crippen molar-refractivity contribution in [3.05, 3.63) is 206 Å². The van der Waals surface area contributed by atoms with Gasteiger partial charge in [-0.1, -0.05) is 182 Å². The minimum atomic E-state index is 0.702. The van der Waals surface area contributed by atoms with Crippen molar-refractivity contribution in [2.45, 2.75) is 0 Å². The van der Waals surface area contributed by atoms with Crippen LogP contribution in [0.1, 0.15) is 0 Å². The third-order valence-corrected chi connectivity index (χ3v) is 10.5. The molecule has 1 heterocycles. The van der Waals surface area contributed by atoms with Crippen LogP contribution in [0.2, 0.25) is 0 Å². The molecule has 0 bridgehead atoms. The molecule has 0 atom stereocenters. The van der Waals surface area contributed by atoms with Crippen molar-refractivity contribution in [1.29, 1.82) is 0 Å². The first-order valence-corrected chi connectivity index (χ1v) is 18.4. The largest absolute Gasteiger partial charge is 0.228 e. The molecule has 0 aliphatic rings. The molecule has 252 valence electrons. The molecule has 0 fully saturated rings. The second-order valence-corrected chi connectivity index (χ2v) is 13.8. The summed E-state index contributed by atoms with van der Waals surface area (Å²) in [6, 6.07) is 73.4. The van der Waals surface area contributed by atoms with Gasteiger partial charge in [-0.2, -0.15) is 0 Å². The van der Waals surface area contributed by atoms with Gasteiger partial charge in [-0.15, -0.1) is 0 Å². The highest BCUT2D eigenvalue weighted by molar-refractivity contribution is 6.25. The first kappa shape index (κ1) is 31.6. The average molecular weight is 687 g/mol. The van der Waals surface area contributed by atoms with Crippen molar-refractivity contribution in [2.75, 3.05) is 0 Å². The third kappa shape index (κ3) is 5.71. The van der Waals surface area contributed by atoms with E-state index < -0.39 is 0 Å². The van der Waals surface area contributed by atoms with Crippen molar-refractivity contribution in [2.24, 2.45) is 0 Å². The molecule has 2 nitrogen and oxygen atoms in total. The molecule has 0 N–H and O–H groups in total. The van der Waals surface area contributed by atoms with Crippen LogP contribution in [-0.4, -0.2) is 9.97 Å². The van der Waals surface area contributed by atoms with E-state index in [4.69, 9.17) is 9.97 Å². The van der Waals surface area contributed by atoms with Gasteiger partial charge >= 0.3 is 0 Å². The van der Waals surface area contributed by atoms with Crippen LogP contribution in [0.15, 0.2) is 206 Å². The Morgan fingerprint density at radius 1 is 0.222 bits per heavy atom. The lowest BCUT2D eigenvalue weighted by atomic mass is 9.91. The topological polar surface area (TPSA) is 25.8 Å². The van der Waals surface area contributed by atoms with Crippen molar-refractivity contribution in [1.82, 2.24) is 9.97 Å². The van der Waals surface area contributed by atoms with Gasteiger partial charge in [-0.05, 0) is 90.0 Å². The highest BCUT2D eigenvalue weighted by Crippen LogP contribution is 2.39. The maximum Gasteiger partial charge on any atom is 0.160 e.